The molecule has 1 aromatic carbocycles. The number of hydrogen-bond acceptors (Lipinski definition) is 3. The molecular weight excluding hydrogens is 372 g/mol. The van der Waals surface area contributed by atoms with Crippen LogP contribution in [0.25, 0.3) is 11.0 Å². The molecule has 3 aromatic rings. The second-order valence-electron chi connectivity index (χ2n) is 8.77. The maximum atomic E-state index is 12.5. The zero-order valence-electron chi connectivity index (χ0n) is 17.9. The Morgan fingerprint density at radius 3 is 2.77 bits per heavy atom. The van der Waals surface area contributed by atoms with E-state index in [1.165, 1.54) is 5.57 Å². The van der Waals surface area contributed by atoms with E-state index in [1.807, 2.05) is 42.6 Å². The highest BCUT2D eigenvalue weighted by molar-refractivity contribution is 5.94. The first kappa shape index (κ1) is 20.3. The molecule has 2 N–H and O–H groups in total. The van der Waals surface area contributed by atoms with Gasteiger partial charge in [-0.05, 0) is 55.2 Å². The summed E-state index contributed by atoms with van der Waals surface area (Å²) >= 11 is 0. The van der Waals surface area contributed by atoms with Gasteiger partial charge in [-0.2, -0.15) is 0 Å². The Morgan fingerprint density at radius 2 is 2.03 bits per heavy atom. The number of aromatic amines is 1. The minimum absolute atomic E-state index is 0.00201. The molecule has 0 bridgehead atoms. The van der Waals surface area contributed by atoms with Gasteiger partial charge in [-0.15, -0.1) is 0 Å². The van der Waals surface area contributed by atoms with Gasteiger partial charge >= 0.3 is 0 Å². The Balaban J connectivity index is 1.46. The summed E-state index contributed by atoms with van der Waals surface area (Å²) in [6.07, 6.45) is 8.01. The number of imidazole rings is 1. The molecule has 1 amide bonds. The third-order valence-electron chi connectivity index (χ3n) is 6.39. The maximum absolute atomic E-state index is 12.5. The van der Waals surface area contributed by atoms with Gasteiger partial charge in [0.2, 0.25) is 0 Å². The van der Waals surface area contributed by atoms with Crippen LogP contribution < -0.4 is 5.32 Å². The highest BCUT2D eigenvalue weighted by Crippen LogP contribution is 2.38. The number of fused-ring (bicyclic) bond motifs is 1. The third-order valence-corrected chi connectivity index (χ3v) is 6.39. The zero-order valence-corrected chi connectivity index (χ0v) is 17.9. The van der Waals surface area contributed by atoms with E-state index in [0.717, 1.165) is 29.7 Å². The van der Waals surface area contributed by atoms with E-state index in [1.54, 1.807) is 6.20 Å². The van der Waals surface area contributed by atoms with Crippen LogP contribution >= 0.6 is 0 Å². The number of rotatable bonds is 6. The number of nitrogens with zero attached hydrogens (tertiary/aromatic N) is 2. The summed E-state index contributed by atoms with van der Waals surface area (Å²) in [7, 11) is 0. The average Bonchev–Trinajstić information content (AvgIpc) is 3.16. The Labute approximate surface area is 178 Å². The molecule has 2 aromatic heterocycles. The van der Waals surface area contributed by atoms with Crippen LogP contribution in [0.3, 0.4) is 0 Å². The number of pyridine rings is 1. The fraction of sp³-hybridized carbons (Fsp3) is 0.400. The highest BCUT2D eigenvalue weighted by Gasteiger charge is 2.32. The summed E-state index contributed by atoms with van der Waals surface area (Å²) in [5.74, 6) is 2.92. The van der Waals surface area contributed by atoms with Crippen molar-refractivity contribution in [2.24, 2.45) is 23.7 Å². The smallest absolute Gasteiger partial charge is 0.251 e. The number of nitrogens with one attached hydrogen (secondary N) is 2. The van der Waals surface area contributed by atoms with Gasteiger partial charge in [0.05, 0.1) is 17.2 Å². The van der Waals surface area contributed by atoms with Crippen molar-refractivity contribution in [1.29, 1.82) is 0 Å². The van der Waals surface area contributed by atoms with Crippen molar-refractivity contribution in [3.05, 3.63) is 71.8 Å². The molecule has 3 atom stereocenters. The van der Waals surface area contributed by atoms with E-state index in [2.05, 4.69) is 42.1 Å². The van der Waals surface area contributed by atoms with Crippen LogP contribution in [-0.2, 0) is 6.42 Å². The molecule has 30 heavy (non-hydrogen) atoms. The predicted molar refractivity (Wildman–Crippen MR) is 120 cm³/mol. The number of aromatic nitrogens is 3. The van der Waals surface area contributed by atoms with E-state index in [4.69, 9.17) is 4.98 Å². The largest absolute Gasteiger partial charge is 0.351 e. The topological polar surface area (TPSA) is 70.7 Å². The number of carbonyl (C=O) groups excluding carboxylic acids is 1. The fourth-order valence-electron chi connectivity index (χ4n) is 4.65. The lowest BCUT2D eigenvalue weighted by atomic mass is 9.69. The van der Waals surface area contributed by atoms with Gasteiger partial charge in [-0.3, -0.25) is 9.78 Å². The van der Waals surface area contributed by atoms with Gasteiger partial charge in [0.25, 0.3) is 5.91 Å². The lowest BCUT2D eigenvalue weighted by Crippen LogP contribution is -2.37. The molecule has 0 spiro atoms. The molecule has 5 heteroatoms. The van der Waals surface area contributed by atoms with Crippen molar-refractivity contribution in [3.63, 3.8) is 0 Å². The first-order chi connectivity index (χ1) is 14.5. The van der Waals surface area contributed by atoms with Gasteiger partial charge in [-0.1, -0.05) is 43.7 Å². The molecule has 0 saturated heterocycles. The Kier molecular flexibility index (Phi) is 5.98. The first-order valence-electron chi connectivity index (χ1n) is 10.8. The lowest BCUT2D eigenvalue weighted by molar-refractivity contribution is 0.0939. The van der Waals surface area contributed by atoms with Crippen molar-refractivity contribution in [1.82, 2.24) is 20.3 Å². The molecule has 0 saturated carbocycles. The van der Waals surface area contributed by atoms with Crippen LogP contribution in [0, 0.1) is 23.7 Å². The molecular formula is C25H30N4O. The third kappa shape index (κ3) is 4.45. The minimum atomic E-state index is 0.00201. The molecule has 1 aliphatic rings. The predicted octanol–water partition coefficient (Wildman–Crippen LogP) is 4.79. The quantitative estimate of drug-likeness (QED) is 0.583. The molecule has 3 unspecified atom stereocenters. The van der Waals surface area contributed by atoms with E-state index < -0.39 is 0 Å². The summed E-state index contributed by atoms with van der Waals surface area (Å²) in [4.78, 5) is 24.8. The summed E-state index contributed by atoms with van der Waals surface area (Å²) < 4.78 is 0. The number of H-pyrrole nitrogens is 1. The number of carbonyl (C=O) groups is 1. The van der Waals surface area contributed by atoms with Crippen LogP contribution in [0.5, 0.6) is 0 Å². The van der Waals surface area contributed by atoms with Gasteiger partial charge in [0.15, 0.2) is 0 Å². The van der Waals surface area contributed by atoms with Crippen molar-refractivity contribution < 1.29 is 4.79 Å². The molecule has 0 fully saturated rings. The van der Waals surface area contributed by atoms with Gasteiger partial charge in [0.1, 0.15) is 5.82 Å². The highest BCUT2D eigenvalue weighted by atomic mass is 16.1. The van der Waals surface area contributed by atoms with Crippen molar-refractivity contribution >= 4 is 16.9 Å². The summed E-state index contributed by atoms with van der Waals surface area (Å²) in [5, 5.41) is 3.15. The second kappa shape index (κ2) is 8.82. The van der Waals surface area contributed by atoms with Crippen molar-refractivity contribution in [3.8, 4) is 0 Å². The number of allylic oxidation sites excluding steroid dienone is 1. The fourth-order valence-corrected chi connectivity index (χ4v) is 4.65. The number of benzene rings is 1. The lowest BCUT2D eigenvalue weighted by Gasteiger charge is -2.37. The minimum Gasteiger partial charge on any atom is -0.351 e. The second-order valence-corrected chi connectivity index (χ2v) is 8.77. The van der Waals surface area contributed by atoms with E-state index >= 15 is 0 Å². The summed E-state index contributed by atoms with van der Waals surface area (Å²) in [6, 6.07) is 11.4. The van der Waals surface area contributed by atoms with Crippen LogP contribution in [0.4, 0.5) is 0 Å². The number of hydrogen-bond donors (Lipinski definition) is 2. The van der Waals surface area contributed by atoms with Gasteiger partial charge < -0.3 is 10.3 Å². The first-order valence-corrected chi connectivity index (χ1v) is 10.8. The van der Waals surface area contributed by atoms with Crippen molar-refractivity contribution in [2.45, 2.75) is 33.6 Å². The van der Waals surface area contributed by atoms with Crippen molar-refractivity contribution in [2.75, 3.05) is 6.54 Å². The Hall–Kier alpha value is -2.95. The molecule has 0 radical (unpaired) electrons. The van der Waals surface area contributed by atoms with Crippen LogP contribution in [0.2, 0.25) is 0 Å². The maximum Gasteiger partial charge on any atom is 0.251 e. The van der Waals surface area contributed by atoms with Gasteiger partial charge in [-0.25, -0.2) is 4.98 Å². The van der Waals surface area contributed by atoms with E-state index in [9.17, 15) is 4.79 Å². The molecule has 0 aliphatic heterocycles. The molecule has 5 nitrogen and oxygen atoms in total. The summed E-state index contributed by atoms with van der Waals surface area (Å²) in [5.41, 5.74) is 4.07. The molecule has 4 rings (SSSR count). The van der Waals surface area contributed by atoms with Crippen LogP contribution in [0.15, 0.2) is 60.4 Å². The van der Waals surface area contributed by atoms with Crippen LogP contribution in [0.1, 0.15) is 43.4 Å². The van der Waals surface area contributed by atoms with E-state index in [-0.39, 0.29) is 5.91 Å². The molecule has 156 valence electrons. The Morgan fingerprint density at radius 1 is 1.23 bits per heavy atom. The number of amides is 1. The average molecular weight is 403 g/mol. The summed E-state index contributed by atoms with van der Waals surface area (Å²) in [6.45, 7) is 7.47. The monoisotopic (exact) mass is 402 g/mol. The normalized spacial score (nSPS) is 21.6. The molecule has 2 heterocycles. The van der Waals surface area contributed by atoms with Gasteiger partial charge in [0, 0.05) is 24.7 Å². The Bertz CT molecular complexity index is 1000. The SMILES string of the molecule is CC1=CC(CNC(=O)c2ccccc2)C(C(C)C)CC1Cc1nc2ccncc2[nH]1. The van der Waals surface area contributed by atoms with Crippen LogP contribution in [-0.4, -0.2) is 27.4 Å². The standard InChI is InChI=1S/C25H30N4O/c1-16(2)21-12-19(13-24-28-22-9-10-26-15-23(22)29-24)17(3)11-20(21)14-27-25(30)18-7-5-4-6-8-18/h4-11,15-16,19-21H,12-14H2,1-3H3,(H,27,30)(H,28,29). The zero-order chi connectivity index (χ0) is 21.1. The van der Waals surface area contributed by atoms with E-state index in [0.29, 0.717) is 35.8 Å². The molecule has 1 aliphatic carbocycles.